The van der Waals surface area contributed by atoms with Crippen molar-refractivity contribution in [1.29, 1.82) is 0 Å². The zero-order chi connectivity index (χ0) is 17.1. The highest BCUT2D eigenvalue weighted by Gasteiger charge is 2.23. The predicted molar refractivity (Wildman–Crippen MR) is 87.8 cm³/mol. The molecule has 0 spiro atoms. The Balaban J connectivity index is 1.79. The first kappa shape index (κ1) is 16.3. The fraction of sp³-hybridized carbons (Fsp3) is 0.353. The molecule has 0 unspecified atom stereocenters. The number of alkyl halides is 2. The lowest BCUT2D eigenvalue weighted by atomic mass is 10.1. The van der Waals surface area contributed by atoms with Crippen LogP contribution in [0, 0.1) is 5.92 Å². The van der Waals surface area contributed by atoms with Crippen molar-refractivity contribution >= 4 is 18.0 Å². The summed E-state index contributed by atoms with van der Waals surface area (Å²) in [6.45, 7) is -2.36. The minimum absolute atomic E-state index is 0.0487. The summed E-state index contributed by atoms with van der Waals surface area (Å²) in [7, 11) is 1.79. The van der Waals surface area contributed by atoms with Crippen LogP contribution in [-0.2, 0) is 7.05 Å². The molecule has 0 bridgehead atoms. The van der Waals surface area contributed by atoms with Crippen molar-refractivity contribution < 1.29 is 18.3 Å². The zero-order valence-electron chi connectivity index (χ0n) is 13.3. The molecule has 128 valence electrons. The molecule has 1 aliphatic rings. The number of halogens is 2. The van der Waals surface area contributed by atoms with Crippen molar-refractivity contribution in [3.63, 3.8) is 0 Å². The number of nitrogens with zero attached hydrogens (tertiary/aromatic N) is 2. The maximum Gasteiger partial charge on any atom is 0.387 e. The number of hydrogen-bond donors (Lipinski definition) is 1. The van der Waals surface area contributed by atoms with E-state index in [-0.39, 0.29) is 5.75 Å². The molecule has 1 aromatic heterocycles. The number of nitrogen functional groups attached to an aromatic ring is 1. The molecule has 1 aromatic carbocycles. The molecule has 0 radical (unpaired) electrons. The Kier molecular flexibility index (Phi) is 4.69. The highest BCUT2D eigenvalue weighted by molar-refractivity contribution is 5.70. The van der Waals surface area contributed by atoms with E-state index in [0.717, 1.165) is 24.1 Å². The van der Waals surface area contributed by atoms with E-state index in [0.29, 0.717) is 24.1 Å². The first-order valence-electron chi connectivity index (χ1n) is 7.70. The minimum Gasteiger partial charge on any atom is -0.489 e. The van der Waals surface area contributed by atoms with Gasteiger partial charge in [-0.15, -0.1) is 0 Å². The van der Waals surface area contributed by atoms with Gasteiger partial charge in [0, 0.05) is 13.1 Å². The third-order valence-corrected chi connectivity index (χ3v) is 3.74. The Labute approximate surface area is 138 Å². The van der Waals surface area contributed by atoms with Gasteiger partial charge in [-0.05, 0) is 42.5 Å². The van der Waals surface area contributed by atoms with Crippen LogP contribution in [0.3, 0.4) is 0 Å². The average Bonchev–Trinajstić information content (AvgIpc) is 3.29. The van der Waals surface area contributed by atoms with Crippen LogP contribution in [0.15, 0.2) is 24.3 Å². The van der Waals surface area contributed by atoms with Gasteiger partial charge in [-0.3, -0.25) is 4.68 Å². The van der Waals surface area contributed by atoms with Gasteiger partial charge in [-0.25, -0.2) is 0 Å². The minimum atomic E-state index is -2.88. The third-order valence-electron chi connectivity index (χ3n) is 3.74. The van der Waals surface area contributed by atoms with E-state index in [1.54, 1.807) is 29.9 Å². The highest BCUT2D eigenvalue weighted by Crippen LogP contribution is 2.34. The molecule has 0 atom stereocenters. The number of benzene rings is 1. The van der Waals surface area contributed by atoms with Gasteiger partial charge in [-0.2, -0.15) is 13.9 Å². The van der Waals surface area contributed by atoms with Crippen molar-refractivity contribution in [2.24, 2.45) is 13.0 Å². The Morgan fingerprint density at radius 3 is 2.71 bits per heavy atom. The quantitative estimate of drug-likeness (QED) is 0.840. The van der Waals surface area contributed by atoms with Gasteiger partial charge in [0.15, 0.2) is 11.5 Å². The summed E-state index contributed by atoms with van der Waals surface area (Å²) in [5.41, 5.74) is 7.28. The van der Waals surface area contributed by atoms with Gasteiger partial charge in [0.05, 0.1) is 12.3 Å². The summed E-state index contributed by atoms with van der Waals surface area (Å²) < 4.78 is 36.9. The molecule has 2 aromatic rings. The summed E-state index contributed by atoms with van der Waals surface area (Å²) >= 11 is 0. The number of rotatable bonds is 7. The lowest BCUT2D eigenvalue weighted by Gasteiger charge is -2.12. The van der Waals surface area contributed by atoms with Crippen LogP contribution in [0.5, 0.6) is 11.5 Å². The van der Waals surface area contributed by atoms with E-state index >= 15 is 0 Å². The molecule has 0 aliphatic heterocycles. The van der Waals surface area contributed by atoms with E-state index in [9.17, 15) is 8.78 Å². The molecule has 7 heteroatoms. The van der Waals surface area contributed by atoms with Gasteiger partial charge >= 0.3 is 6.61 Å². The lowest BCUT2D eigenvalue weighted by molar-refractivity contribution is -0.0515. The standard InChI is InChI=1S/C17H19F2N3O2/c1-22-13(9-16(20)21-22)6-4-11-5-7-14(24-17(18)19)15(8-11)23-10-12-2-3-12/h4-9,12,17H,2-3,10H2,1H3,(H2,20,21)/b6-4+. The van der Waals surface area contributed by atoms with Gasteiger partial charge in [-0.1, -0.05) is 12.1 Å². The number of hydrogen-bond acceptors (Lipinski definition) is 4. The van der Waals surface area contributed by atoms with Crippen LogP contribution < -0.4 is 15.2 Å². The molecule has 1 aliphatic carbocycles. The monoisotopic (exact) mass is 335 g/mol. The SMILES string of the molecule is Cn1nc(N)cc1/C=C/c1ccc(OC(F)F)c(OCC2CC2)c1. The fourth-order valence-electron chi connectivity index (χ4n) is 2.27. The lowest BCUT2D eigenvalue weighted by Crippen LogP contribution is -2.06. The fourth-order valence-corrected chi connectivity index (χ4v) is 2.27. The van der Waals surface area contributed by atoms with Crippen LogP contribution in [-0.4, -0.2) is 23.0 Å². The average molecular weight is 335 g/mol. The van der Waals surface area contributed by atoms with Crippen LogP contribution in [0.1, 0.15) is 24.1 Å². The van der Waals surface area contributed by atoms with Crippen LogP contribution in [0.4, 0.5) is 14.6 Å². The molecular formula is C17H19F2N3O2. The Bertz CT molecular complexity index is 739. The molecule has 0 amide bonds. The van der Waals surface area contributed by atoms with E-state index in [2.05, 4.69) is 9.84 Å². The molecular weight excluding hydrogens is 316 g/mol. The maximum atomic E-state index is 12.5. The van der Waals surface area contributed by atoms with Crippen molar-refractivity contribution in [2.45, 2.75) is 19.5 Å². The molecule has 3 rings (SSSR count). The van der Waals surface area contributed by atoms with Crippen LogP contribution in [0.2, 0.25) is 0 Å². The maximum absolute atomic E-state index is 12.5. The second-order valence-electron chi connectivity index (χ2n) is 5.79. The number of ether oxygens (including phenoxy) is 2. The summed E-state index contributed by atoms with van der Waals surface area (Å²) in [6.07, 6.45) is 5.92. The summed E-state index contributed by atoms with van der Waals surface area (Å²) in [5, 5.41) is 4.06. The smallest absolute Gasteiger partial charge is 0.387 e. The zero-order valence-corrected chi connectivity index (χ0v) is 13.3. The summed E-state index contributed by atoms with van der Waals surface area (Å²) in [5.74, 6) is 1.33. The number of aryl methyl sites for hydroxylation is 1. The second kappa shape index (κ2) is 6.90. The number of nitrogens with two attached hydrogens (primary N) is 1. The molecule has 1 fully saturated rings. The van der Waals surface area contributed by atoms with Crippen molar-refractivity contribution in [2.75, 3.05) is 12.3 Å². The highest BCUT2D eigenvalue weighted by atomic mass is 19.3. The molecule has 2 N–H and O–H groups in total. The first-order chi connectivity index (χ1) is 11.5. The molecule has 5 nitrogen and oxygen atoms in total. The normalized spacial score (nSPS) is 14.5. The van der Waals surface area contributed by atoms with Crippen molar-refractivity contribution in [3.05, 3.63) is 35.5 Å². The third kappa shape index (κ3) is 4.24. The number of aromatic nitrogens is 2. The van der Waals surface area contributed by atoms with Gasteiger partial charge < -0.3 is 15.2 Å². The van der Waals surface area contributed by atoms with Crippen LogP contribution >= 0.6 is 0 Å². The second-order valence-corrected chi connectivity index (χ2v) is 5.79. The number of anilines is 1. The molecule has 0 saturated heterocycles. The Morgan fingerprint density at radius 2 is 2.08 bits per heavy atom. The van der Waals surface area contributed by atoms with Gasteiger partial charge in [0.1, 0.15) is 5.82 Å². The van der Waals surface area contributed by atoms with Gasteiger partial charge in [0.2, 0.25) is 0 Å². The molecule has 1 heterocycles. The van der Waals surface area contributed by atoms with Crippen molar-refractivity contribution in [1.82, 2.24) is 9.78 Å². The van der Waals surface area contributed by atoms with E-state index in [1.807, 2.05) is 12.2 Å². The van der Waals surface area contributed by atoms with E-state index in [4.69, 9.17) is 10.5 Å². The van der Waals surface area contributed by atoms with Crippen LogP contribution in [0.25, 0.3) is 12.2 Å². The summed E-state index contributed by atoms with van der Waals surface area (Å²) in [4.78, 5) is 0. The Morgan fingerprint density at radius 1 is 1.29 bits per heavy atom. The van der Waals surface area contributed by atoms with E-state index < -0.39 is 6.61 Å². The first-order valence-corrected chi connectivity index (χ1v) is 7.70. The largest absolute Gasteiger partial charge is 0.489 e. The summed E-state index contributed by atoms with van der Waals surface area (Å²) in [6, 6.07) is 6.62. The van der Waals surface area contributed by atoms with Gasteiger partial charge in [0.25, 0.3) is 0 Å². The predicted octanol–water partition coefficient (Wildman–Crippen LogP) is 3.56. The van der Waals surface area contributed by atoms with E-state index in [1.165, 1.54) is 6.07 Å². The van der Waals surface area contributed by atoms with Crippen molar-refractivity contribution in [3.8, 4) is 11.5 Å². The topological polar surface area (TPSA) is 62.3 Å². The Hall–Kier alpha value is -2.57. The molecule has 1 saturated carbocycles. The molecule has 24 heavy (non-hydrogen) atoms.